The first-order valence-electron chi connectivity index (χ1n) is 6.45. The van der Waals surface area contributed by atoms with Gasteiger partial charge in [-0.1, -0.05) is 32.9 Å². The highest BCUT2D eigenvalue weighted by molar-refractivity contribution is 5.50. The molecule has 2 heteroatoms. The van der Waals surface area contributed by atoms with Crippen LogP contribution in [0, 0.1) is 11.3 Å². The van der Waals surface area contributed by atoms with Crippen molar-refractivity contribution in [1.29, 1.82) is 0 Å². The predicted molar refractivity (Wildman–Crippen MR) is 72.4 cm³/mol. The third-order valence-corrected chi connectivity index (χ3v) is 3.81. The Hall–Kier alpha value is -1.02. The molecule has 0 amide bonds. The Morgan fingerprint density at radius 3 is 2.24 bits per heavy atom. The average Bonchev–Trinajstić information content (AvgIpc) is 2.16. The molecule has 2 rings (SSSR count). The van der Waals surface area contributed by atoms with Gasteiger partial charge in [0.05, 0.1) is 0 Å². The first-order chi connectivity index (χ1) is 8.00. The van der Waals surface area contributed by atoms with Crippen LogP contribution in [0.4, 0.5) is 5.69 Å². The van der Waals surface area contributed by atoms with Gasteiger partial charge in [0.25, 0.3) is 0 Å². The number of hydrogen-bond donors (Lipinski definition) is 1. The van der Waals surface area contributed by atoms with E-state index in [1.165, 1.54) is 24.3 Å². The average molecular weight is 233 g/mol. The molecule has 94 valence electrons. The minimum Gasteiger partial charge on any atom is -0.396 e. The maximum Gasteiger partial charge on any atom is 0.0471 e. The van der Waals surface area contributed by atoms with Crippen LogP contribution in [0.15, 0.2) is 24.3 Å². The number of rotatable bonds is 3. The summed E-state index contributed by atoms with van der Waals surface area (Å²) in [5.41, 5.74) is 2.95. The molecule has 1 aliphatic heterocycles. The lowest BCUT2D eigenvalue weighted by Gasteiger charge is -2.47. The molecule has 1 aromatic rings. The predicted octanol–water partition coefficient (Wildman–Crippen LogP) is 2.70. The fraction of sp³-hybridized carbons (Fsp3) is 0.600. The first kappa shape index (κ1) is 12.4. The molecule has 0 unspecified atom stereocenters. The number of hydrogen-bond acceptors (Lipinski definition) is 2. The van der Waals surface area contributed by atoms with Crippen molar-refractivity contribution >= 4 is 5.69 Å². The minimum atomic E-state index is 0.231. The van der Waals surface area contributed by atoms with Gasteiger partial charge >= 0.3 is 0 Å². The summed E-state index contributed by atoms with van der Waals surface area (Å²) < 4.78 is 0. The standard InChI is InChI=1S/C15H23NO/c1-15(2,3)13-10-16(11-13)14-6-4-12(5-7-14)8-9-17/h4-7,13,17H,8-11H2,1-3H3. The third-order valence-electron chi connectivity index (χ3n) is 3.81. The number of aliphatic hydroxyl groups excluding tert-OH is 1. The molecule has 1 fully saturated rings. The normalized spacial score (nSPS) is 17.1. The van der Waals surface area contributed by atoms with Crippen molar-refractivity contribution in [2.24, 2.45) is 11.3 Å². The lowest BCUT2D eigenvalue weighted by Crippen LogP contribution is -2.52. The molecule has 0 aromatic heterocycles. The van der Waals surface area contributed by atoms with E-state index in [0.717, 1.165) is 12.3 Å². The molecule has 1 heterocycles. The van der Waals surface area contributed by atoms with Crippen LogP contribution in [0.2, 0.25) is 0 Å². The molecular weight excluding hydrogens is 210 g/mol. The lowest BCUT2D eigenvalue weighted by atomic mass is 9.76. The van der Waals surface area contributed by atoms with Gasteiger partial charge in [-0.3, -0.25) is 0 Å². The highest BCUT2D eigenvalue weighted by atomic mass is 16.2. The van der Waals surface area contributed by atoms with Crippen molar-refractivity contribution in [1.82, 2.24) is 0 Å². The SMILES string of the molecule is CC(C)(C)C1CN(c2ccc(CCO)cc2)C1. The minimum absolute atomic E-state index is 0.231. The fourth-order valence-electron chi connectivity index (χ4n) is 2.24. The quantitative estimate of drug-likeness (QED) is 0.867. The summed E-state index contributed by atoms with van der Waals surface area (Å²) in [6.07, 6.45) is 0.755. The van der Waals surface area contributed by atoms with Crippen LogP contribution >= 0.6 is 0 Å². The van der Waals surface area contributed by atoms with Crippen molar-refractivity contribution in [3.8, 4) is 0 Å². The smallest absolute Gasteiger partial charge is 0.0471 e. The Balaban J connectivity index is 1.93. The van der Waals surface area contributed by atoms with Crippen molar-refractivity contribution in [2.45, 2.75) is 27.2 Å². The zero-order chi connectivity index (χ0) is 12.5. The fourth-order valence-corrected chi connectivity index (χ4v) is 2.24. The van der Waals surface area contributed by atoms with Gasteiger partial charge in [0.2, 0.25) is 0 Å². The van der Waals surface area contributed by atoms with Crippen LogP contribution in [0.5, 0.6) is 0 Å². The Labute approximate surface area is 104 Å². The summed E-state index contributed by atoms with van der Waals surface area (Å²) in [5.74, 6) is 0.805. The van der Waals surface area contributed by atoms with Crippen molar-refractivity contribution < 1.29 is 5.11 Å². The summed E-state index contributed by atoms with van der Waals surface area (Å²) in [5, 5.41) is 8.87. The van der Waals surface area contributed by atoms with Gasteiger partial charge in [-0.25, -0.2) is 0 Å². The first-order valence-corrected chi connectivity index (χ1v) is 6.45. The molecule has 1 aliphatic rings. The second-order valence-corrected chi connectivity index (χ2v) is 6.11. The maximum absolute atomic E-state index is 8.87. The van der Waals surface area contributed by atoms with Gasteiger partial charge in [0, 0.05) is 25.4 Å². The lowest BCUT2D eigenvalue weighted by molar-refractivity contribution is 0.195. The Morgan fingerprint density at radius 1 is 1.18 bits per heavy atom. The Bertz CT molecular complexity index is 358. The van der Waals surface area contributed by atoms with E-state index in [4.69, 9.17) is 5.11 Å². The summed E-state index contributed by atoms with van der Waals surface area (Å²) >= 11 is 0. The van der Waals surface area contributed by atoms with E-state index in [1.807, 2.05) is 0 Å². The second-order valence-electron chi connectivity index (χ2n) is 6.11. The molecule has 17 heavy (non-hydrogen) atoms. The molecule has 2 nitrogen and oxygen atoms in total. The van der Waals surface area contributed by atoms with Crippen molar-refractivity contribution in [3.63, 3.8) is 0 Å². The largest absolute Gasteiger partial charge is 0.396 e. The summed E-state index contributed by atoms with van der Waals surface area (Å²) in [6.45, 7) is 9.53. The van der Waals surface area contributed by atoms with E-state index >= 15 is 0 Å². The van der Waals surface area contributed by atoms with Crippen LogP contribution in [-0.4, -0.2) is 24.8 Å². The molecule has 1 saturated heterocycles. The van der Waals surface area contributed by atoms with E-state index in [0.29, 0.717) is 5.41 Å². The molecule has 0 spiro atoms. The second kappa shape index (κ2) is 4.69. The van der Waals surface area contributed by atoms with Crippen molar-refractivity contribution in [2.75, 3.05) is 24.6 Å². The van der Waals surface area contributed by atoms with Gasteiger partial charge in [0.15, 0.2) is 0 Å². The highest BCUT2D eigenvalue weighted by Gasteiger charge is 2.35. The van der Waals surface area contributed by atoms with Gasteiger partial charge in [-0.2, -0.15) is 0 Å². The van der Waals surface area contributed by atoms with Gasteiger partial charge < -0.3 is 10.0 Å². The molecule has 1 N–H and O–H groups in total. The molecule has 0 bridgehead atoms. The van der Waals surface area contributed by atoms with Gasteiger partial charge in [-0.05, 0) is 35.4 Å². The summed E-state index contributed by atoms with van der Waals surface area (Å²) in [4.78, 5) is 2.43. The molecule has 0 atom stereocenters. The van der Waals surface area contributed by atoms with Crippen LogP contribution in [-0.2, 0) is 6.42 Å². The van der Waals surface area contributed by atoms with Crippen LogP contribution in [0.1, 0.15) is 26.3 Å². The zero-order valence-corrected chi connectivity index (χ0v) is 11.1. The van der Waals surface area contributed by atoms with Crippen LogP contribution < -0.4 is 4.90 Å². The number of aliphatic hydroxyl groups is 1. The molecule has 0 radical (unpaired) electrons. The monoisotopic (exact) mass is 233 g/mol. The number of nitrogens with zero attached hydrogens (tertiary/aromatic N) is 1. The molecule has 1 aromatic carbocycles. The topological polar surface area (TPSA) is 23.5 Å². The Morgan fingerprint density at radius 2 is 1.76 bits per heavy atom. The molecule has 0 saturated carbocycles. The molecular formula is C15H23NO. The van der Waals surface area contributed by atoms with Gasteiger partial charge in [0.1, 0.15) is 0 Å². The van der Waals surface area contributed by atoms with Crippen LogP contribution in [0.25, 0.3) is 0 Å². The number of benzene rings is 1. The highest BCUT2D eigenvalue weighted by Crippen LogP contribution is 2.36. The maximum atomic E-state index is 8.87. The Kier molecular flexibility index (Phi) is 3.43. The van der Waals surface area contributed by atoms with E-state index in [1.54, 1.807) is 0 Å². The zero-order valence-electron chi connectivity index (χ0n) is 11.1. The van der Waals surface area contributed by atoms with Gasteiger partial charge in [-0.15, -0.1) is 0 Å². The summed E-state index contributed by atoms with van der Waals surface area (Å²) in [7, 11) is 0. The molecule has 0 aliphatic carbocycles. The third kappa shape index (κ3) is 2.81. The van der Waals surface area contributed by atoms with Crippen LogP contribution in [0.3, 0.4) is 0 Å². The van der Waals surface area contributed by atoms with E-state index in [-0.39, 0.29) is 6.61 Å². The van der Waals surface area contributed by atoms with Crippen molar-refractivity contribution in [3.05, 3.63) is 29.8 Å². The van der Waals surface area contributed by atoms with E-state index in [9.17, 15) is 0 Å². The number of anilines is 1. The van der Waals surface area contributed by atoms with E-state index in [2.05, 4.69) is 49.9 Å². The van der Waals surface area contributed by atoms with E-state index < -0.39 is 0 Å². The summed E-state index contributed by atoms with van der Waals surface area (Å²) in [6, 6.07) is 8.58.